The average Bonchev–Trinajstić information content (AvgIpc) is 1.86. The molecule has 0 aromatic rings. The molecule has 0 fully saturated rings. The van der Waals surface area contributed by atoms with Crippen LogP contribution in [0.2, 0.25) is 0 Å². The van der Waals surface area contributed by atoms with Gasteiger partial charge in [-0.1, -0.05) is 0 Å². The molecule has 4 N–H and O–H groups in total. The monoisotopic (exact) mass is 163 g/mol. The number of rotatable bonds is 5. The largest absolute Gasteiger partial charge is 0.480 e. The summed E-state index contributed by atoms with van der Waals surface area (Å²) in [4.78, 5) is 19.9. The summed E-state index contributed by atoms with van der Waals surface area (Å²) in [5.74, 6) is -2.36. The van der Waals surface area contributed by atoms with Crippen molar-refractivity contribution in [3.05, 3.63) is 0 Å². The zero-order valence-electron chi connectivity index (χ0n) is 5.69. The molecule has 0 aromatic carbocycles. The molecule has 0 unspecified atom stereocenters. The Morgan fingerprint density at radius 2 is 2.00 bits per heavy atom. The van der Waals surface area contributed by atoms with Crippen LogP contribution in [0.3, 0.4) is 0 Å². The van der Waals surface area contributed by atoms with Crippen molar-refractivity contribution in [1.29, 1.82) is 0 Å². The molecule has 0 bridgehead atoms. The van der Waals surface area contributed by atoms with Gasteiger partial charge in [0.2, 0.25) is 0 Å². The quantitative estimate of drug-likeness (QED) is 0.455. The topological polar surface area (TPSA) is 110 Å². The molecule has 11 heavy (non-hydrogen) atoms. The number of carboxylic acid groups (broad SMARTS) is 2. The second-order valence-corrected chi connectivity index (χ2v) is 1.85. The first-order chi connectivity index (χ1) is 5.04. The number of aliphatic carboxylic acids is 2. The maximum atomic E-state index is 10.0. The van der Waals surface area contributed by atoms with E-state index in [9.17, 15) is 9.59 Å². The summed E-state index contributed by atoms with van der Waals surface area (Å²) in [6.07, 6.45) is 0. The minimum absolute atomic E-state index is 0.290. The highest BCUT2D eigenvalue weighted by Crippen LogP contribution is 1.81. The van der Waals surface area contributed by atoms with E-state index in [4.69, 9.17) is 15.9 Å². The fraction of sp³-hybridized carbons (Fsp3) is 0.600. The van der Waals surface area contributed by atoms with Crippen molar-refractivity contribution in [1.82, 2.24) is 0 Å². The third kappa shape index (κ3) is 5.31. The Kier molecular flexibility index (Phi) is 4.16. The van der Waals surface area contributed by atoms with Gasteiger partial charge in [-0.15, -0.1) is 0 Å². The second kappa shape index (κ2) is 4.64. The summed E-state index contributed by atoms with van der Waals surface area (Å²) in [5, 5.41) is 16.2. The van der Waals surface area contributed by atoms with Gasteiger partial charge in [0.1, 0.15) is 12.6 Å². The summed E-state index contributed by atoms with van der Waals surface area (Å²) in [7, 11) is 0. The van der Waals surface area contributed by atoms with Crippen molar-refractivity contribution in [3.8, 4) is 0 Å². The summed E-state index contributed by atoms with van der Waals surface area (Å²) >= 11 is 0. The predicted molar refractivity (Wildman–Crippen MR) is 34.1 cm³/mol. The van der Waals surface area contributed by atoms with Crippen LogP contribution < -0.4 is 5.73 Å². The van der Waals surface area contributed by atoms with Crippen molar-refractivity contribution in [2.24, 2.45) is 5.73 Å². The zero-order valence-corrected chi connectivity index (χ0v) is 5.69. The van der Waals surface area contributed by atoms with Gasteiger partial charge in [-0.3, -0.25) is 4.79 Å². The molecule has 0 saturated carbocycles. The first-order valence-corrected chi connectivity index (χ1v) is 2.82. The summed E-state index contributed by atoms with van der Waals surface area (Å²) in [6.45, 7) is -0.817. The van der Waals surface area contributed by atoms with Crippen LogP contribution in [0.15, 0.2) is 0 Å². The highest BCUT2D eigenvalue weighted by molar-refractivity contribution is 5.73. The van der Waals surface area contributed by atoms with Crippen LogP contribution in [0.5, 0.6) is 0 Å². The van der Waals surface area contributed by atoms with Crippen LogP contribution in [0.25, 0.3) is 0 Å². The molecule has 0 radical (unpaired) electrons. The Hall–Kier alpha value is -1.14. The predicted octanol–water partition coefficient (Wildman–Crippen LogP) is -1.50. The van der Waals surface area contributed by atoms with E-state index in [1.807, 2.05) is 0 Å². The minimum Gasteiger partial charge on any atom is -0.480 e. The van der Waals surface area contributed by atoms with E-state index in [2.05, 4.69) is 4.74 Å². The average molecular weight is 163 g/mol. The Morgan fingerprint density at radius 1 is 1.45 bits per heavy atom. The van der Waals surface area contributed by atoms with E-state index in [1.165, 1.54) is 0 Å². The Labute approximate surface area is 62.6 Å². The van der Waals surface area contributed by atoms with Crippen LogP contribution in [-0.4, -0.2) is 41.4 Å². The van der Waals surface area contributed by atoms with Gasteiger partial charge >= 0.3 is 11.9 Å². The molecule has 0 heterocycles. The maximum Gasteiger partial charge on any atom is 0.329 e. The number of ether oxygens (including phenoxy) is 1. The van der Waals surface area contributed by atoms with Crippen molar-refractivity contribution < 1.29 is 24.5 Å². The standard InChI is InChI=1S/C5H9NO5/c6-3(5(9)10)1-11-2-4(7)8/h3H,1-2,6H2,(H,7,8)(H,9,10)/t3-/m1/s1. The van der Waals surface area contributed by atoms with E-state index < -0.39 is 24.6 Å². The van der Waals surface area contributed by atoms with Gasteiger partial charge in [-0.05, 0) is 0 Å². The third-order valence-corrected chi connectivity index (χ3v) is 0.840. The second-order valence-electron chi connectivity index (χ2n) is 1.85. The molecular weight excluding hydrogens is 154 g/mol. The highest BCUT2D eigenvalue weighted by atomic mass is 16.5. The summed E-state index contributed by atoms with van der Waals surface area (Å²) in [5.41, 5.74) is 4.99. The van der Waals surface area contributed by atoms with E-state index >= 15 is 0 Å². The lowest BCUT2D eigenvalue weighted by atomic mass is 10.3. The van der Waals surface area contributed by atoms with Crippen LogP contribution in [0, 0.1) is 0 Å². The van der Waals surface area contributed by atoms with Crippen LogP contribution >= 0.6 is 0 Å². The minimum atomic E-state index is -1.21. The Morgan fingerprint density at radius 3 is 2.36 bits per heavy atom. The van der Waals surface area contributed by atoms with E-state index in [-0.39, 0.29) is 6.61 Å². The molecular formula is C5H9NO5. The lowest BCUT2D eigenvalue weighted by Gasteiger charge is -2.04. The van der Waals surface area contributed by atoms with Gasteiger partial charge < -0.3 is 20.7 Å². The molecule has 0 spiro atoms. The van der Waals surface area contributed by atoms with Crippen molar-refractivity contribution >= 4 is 11.9 Å². The number of carbonyl (C=O) groups is 2. The van der Waals surface area contributed by atoms with Gasteiger partial charge in [-0.2, -0.15) is 0 Å². The lowest BCUT2D eigenvalue weighted by Crippen LogP contribution is -2.35. The Bertz CT molecular complexity index is 157. The number of hydrogen-bond acceptors (Lipinski definition) is 4. The molecule has 0 amide bonds. The fourth-order valence-electron chi connectivity index (χ4n) is 0.344. The smallest absolute Gasteiger partial charge is 0.329 e. The maximum absolute atomic E-state index is 10.0. The number of carboxylic acids is 2. The lowest BCUT2D eigenvalue weighted by molar-refractivity contribution is -0.146. The van der Waals surface area contributed by atoms with Crippen LogP contribution in [-0.2, 0) is 14.3 Å². The Balaban J connectivity index is 3.39. The molecule has 0 saturated heterocycles. The molecule has 6 nitrogen and oxygen atoms in total. The fourth-order valence-corrected chi connectivity index (χ4v) is 0.344. The summed E-state index contributed by atoms with van der Waals surface area (Å²) in [6, 6.07) is -1.16. The van der Waals surface area contributed by atoms with Crippen LogP contribution in [0.4, 0.5) is 0 Å². The molecule has 6 heteroatoms. The van der Waals surface area contributed by atoms with Crippen molar-refractivity contribution in [2.75, 3.05) is 13.2 Å². The van der Waals surface area contributed by atoms with E-state index in [1.54, 1.807) is 0 Å². The highest BCUT2D eigenvalue weighted by Gasteiger charge is 2.11. The van der Waals surface area contributed by atoms with Gasteiger partial charge in [-0.25, -0.2) is 4.79 Å². The van der Waals surface area contributed by atoms with Gasteiger partial charge in [0, 0.05) is 0 Å². The van der Waals surface area contributed by atoms with E-state index in [0.29, 0.717) is 0 Å². The molecule has 0 aromatic heterocycles. The van der Waals surface area contributed by atoms with Gasteiger partial charge in [0.05, 0.1) is 6.61 Å². The van der Waals surface area contributed by atoms with Crippen molar-refractivity contribution in [3.63, 3.8) is 0 Å². The van der Waals surface area contributed by atoms with Gasteiger partial charge in [0.15, 0.2) is 0 Å². The molecule has 0 rings (SSSR count). The van der Waals surface area contributed by atoms with Crippen LogP contribution in [0.1, 0.15) is 0 Å². The molecule has 0 aliphatic heterocycles. The first kappa shape index (κ1) is 9.86. The number of hydrogen-bond donors (Lipinski definition) is 3. The first-order valence-electron chi connectivity index (χ1n) is 2.82. The molecule has 0 aliphatic carbocycles. The number of nitrogens with two attached hydrogens (primary N) is 1. The van der Waals surface area contributed by atoms with Gasteiger partial charge in [0.25, 0.3) is 0 Å². The molecule has 64 valence electrons. The summed E-state index contributed by atoms with van der Waals surface area (Å²) < 4.78 is 4.41. The zero-order chi connectivity index (χ0) is 8.85. The van der Waals surface area contributed by atoms with Crippen molar-refractivity contribution in [2.45, 2.75) is 6.04 Å². The SMILES string of the molecule is N[C@H](COCC(=O)O)C(=O)O. The third-order valence-electron chi connectivity index (χ3n) is 0.840. The molecule has 1 atom stereocenters. The normalized spacial score (nSPS) is 12.5. The molecule has 0 aliphatic rings. The van der Waals surface area contributed by atoms with E-state index in [0.717, 1.165) is 0 Å².